The zero-order chi connectivity index (χ0) is 18.5. The van der Waals surface area contributed by atoms with Gasteiger partial charge in [-0.25, -0.2) is 18.1 Å². The number of aryl methyl sites for hydroxylation is 3. The minimum absolute atomic E-state index is 0.123. The second kappa shape index (κ2) is 6.08. The first-order valence-corrected chi connectivity index (χ1v) is 11.0. The maximum absolute atomic E-state index is 11.9. The Bertz CT molecular complexity index is 947. The highest BCUT2D eigenvalue weighted by atomic mass is 32.2. The molecule has 0 N–H and O–H groups in total. The fourth-order valence-corrected chi connectivity index (χ4v) is 5.71. The zero-order valence-corrected chi connectivity index (χ0v) is 16.3. The summed E-state index contributed by atoms with van der Waals surface area (Å²) in [5.41, 5.74) is 2.06. The van der Waals surface area contributed by atoms with Gasteiger partial charge in [-0.2, -0.15) is 5.10 Å². The van der Waals surface area contributed by atoms with E-state index in [4.69, 9.17) is 4.74 Å². The normalized spacial score (nSPS) is 21.7. The molecular formula is C19H25N3O3S. The summed E-state index contributed by atoms with van der Waals surface area (Å²) in [4.78, 5) is 4.58. The number of hydrogen-bond donors (Lipinski definition) is 0. The van der Waals surface area contributed by atoms with Gasteiger partial charge in [-0.05, 0) is 69.7 Å². The van der Waals surface area contributed by atoms with Crippen molar-refractivity contribution >= 4 is 9.84 Å². The molecule has 2 aliphatic rings. The van der Waals surface area contributed by atoms with Gasteiger partial charge in [0, 0.05) is 0 Å². The smallest absolute Gasteiger partial charge is 0.171 e. The second-order valence-electron chi connectivity index (χ2n) is 7.88. The highest BCUT2D eigenvalue weighted by Gasteiger charge is 2.37. The Balaban J connectivity index is 1.64. The Labute approximate surface area is 154 Å². The van der Waals surface area contributed by atoms with Crippen LogP contribution in [-0.2, 0) is 28.3 Å². The highest BCUT2D eigenvalue weighted by Crippen LogP contribution is 2.33. The lowest BCUT2D eigenvalue weighted by atomic mass is 10.1. The predicted molar refractivity (Wildman–Crippen MR) is 99.2 cm³/mol. The molecule has 7 heteroatoms. The number of benzene rings is 1. The molecule has 6 nitrogen and oxygen atoms in total. The summed E-state index contributed by atoms with van der Waals surface area (Å²) in [5.74, 6) is 2.47. The maximum atomic E-state index is 11.9. The minimum atomic E-state index is -2.99. The van der Waals surface area contributed by atoms with Gasteiger partial charge in [-0.3, -0.25) is 0 Å². The average Bonchev–Trinajstić information content (AvgIpc) is 3.24. The Morgan fingerprint density at radius 1 is 1.23 bits per heavy atom. The van der Waals surface area contributed by atoms with Crippen LogP contribution in [0.2, 0.25) is 0 Å². The lowest BCUT2D eigenvalue weighted by Crippen LogP contribution is -2.31. The van der Waals surface area contributed by atoms with Gasteiger partial charge in [-0.1, -0.05) is 6.07 Å². The maximum Gasteiger partial charge on any atom is 0.171 e. The van der Waals surface area contributed by atoms with Crippen LogP contribution in [0.5, 0.6) is 5.75 Å². The Morgan fingerprint density at radius 3 is 2.73 bits per heavy atom. The molecule has 0 unspecified atom stereocenters. The number of nitrogens with zero attached hydrogens (tertiary/aromatic N) is 3. The van der Waals surface area contributed by atoms with Gasteiger partial charge in [0.25, 0.3) is 0 Å². The molecule has 0 amide bonds. The van der Waals surface area contributed by atoms with Gasteiger partial charge in [0.1, 0.15) is 11.6 Å². The van der Waals surface area contributed by atoms with Gasteiger partial charge >= 0.3 is 0 Å². The zero-order valence-electron chi connectivity index (χ0n) is 15.5. The molecule has 140 valence electrons. The first-order chi connectivity index (χ1) is 12.2. The fourth-order valence-electron chi connectivity index (χ4n) is 4.02. The van der Waals surface area contributed by atoms with E-state index < -0.39 is 15.4 Å². The summed E-state index contributed by atoms with van der Waals surface area (Å²) in [6, 6.07) is 6.11. The summed E-state index contributed by atoms with van der Waals surface area (Å²) in [6.07, 6.45) is 4.02. The van der Waals surface area contributed by atoms with Crippen molar-refractivity contribution in [2.24, 2.45) is 0 Å². The van der Waals surface area contributed by atoms with Crippen LogP contribution >= 0.6 is 0 Å². The van der Waals surface area contributed by atoms with Gasteiger partial charge in [0.05, 0.1) is 17.5 Å². The molecule has 0 saturated carbocycles. The van der Waals surface area contributed by atoms with Crippen LogP contribution in [0, 0.1) is 6.92 Å². The van der Waals surface area contributed by atoms with Crippen LogP contribution in [-0.4, -0.2) is 34.7 Å². The van der Waals surface area contributed by atoms with Gasteiger partial charge in [-0.15, -0.1) is 0 Å². The number of aromatic nitrogens is 3. The molecular weight excluding hydrogens is 350 g/mol. The van der Waals surface area contributed by atoms with Gasteiger partial charge in [0.2, 0.25) is 0 Å². The van der Waals surface area contributed by atoms with Crippen molar-refractivity contribution in [2.75, 3.05) is 11.5 Å². The van der Waals surface area contributed by atoms with Crippen LogP contribution in [0.3, 0.4) is 0 Å². The SMILES string of the molecule is Cc1nc(C(C)(C)Oc2ccc3c(c2)CCC3)n([C@@H]2CCS(=O)(=O)C2)n1. The van der Waals surface area contributed by atoms with Crippen molar-refractivity contribution in [2.45, 2.75) is 58.1 Å². The van der Waals surface area contributed by atoms with E-state index in [1.165, 1.54) is 17.5 Å². The molecule has 1 aromatic carbocycles. The monoisotopic (exact) mass is 375 g/mol. The predicted octanol–water partition coefficient (Wildman–Crippen LogP) is 2.75. The number of hydrogen-bond acceptors (Lipinski definition) is 5. The number of rotatable bonds is 4. The van der Waals surface area contributed by atoms with Crippen LogP contribution < -0.4 is 4.74 Å². The molecule has 0 spiro atoms. The number of sulfone groups is 1. The lowest BCUT2D eigenvalue weighted by Gasteiger charge is -2.27. The van der Waals surface area contributed by atoms with E-state index in [0.717, 1.165) is 18.6 Å². The third-order valence-corrected chi connectivity index (χ3v) is 7.02. The largest absolute Gasteiger partial charge is 0.480 e. The van der Waals surface area contributed by atoms with E-state index in [1.807, 2.05) is 26.8 Å². The molecule has 1 aliphatic carbocycles. The van der Waals surface area contributed by atoms with Crippen LogP contribution in [0.1, 0.15) is 55.5 Å². The van der Waals surface area contributed by atoms with Crippen LogP contribution in [0.4, 0.5) is 0 Å². The van der Waals surface area contributed by atoms with E-state index >= 15 is 0 Å². The molecule has 1 atom stereocenters. The summed E-state index contributed by atoms with van der Waals surface area (Å²) in [6.45, 7) is 5.75. The second-order valence-corrected chi connectivity index (χ2v) is 10.1. The van der Waals surface area contributed by atoms with Crippen LogP contribution in [0.25, 0.3) is 0 Å². The molecule has 0 bridgehead atoms. The minimum Gasteiger partial charge on any atom is -0.480 e. The molecule has 2 aromatic rings. The summed E-state index contributed by atoms with van der Waals surface area (Å²) in [7, 11) is -2.99. The quantitative estimate of drug-likeness (QED) is 0.821. The van der Waals surface area contributed by atoms with Crippen molar-refractivity contribution in [3.63, 3.8) is 0 Å². The third kappa shape index (κ3) is 3.24. The van der Waals surface area contributed by atoms with Crippen molar-refractivity contribution < 1.29 is 13.2 Å². The van der Waals surface area contributed by atoms with Gasteiger partial charge in [0.15, 0.2) is 21.3 Å². The Morgan fingerprint density at radius 2 is 2.00 bits per heavy atom. The van der Waals surface area contributed by atoms with E-state index in [-0.39, 0.29) is 17.5 Å². The molecule has 1 aromatic heterocycles. The number of fused-ring (bicyclic) bond motifs is 1. The van der Waals surface area contributed by atoms with Crippen molar-refractivity contribution in [3.05, 3.63) is 41.0 Å². The lowest BCUT2D eigenvalue weighted by molar-refractivity contribution is 0.0906. The van der Waals surface area contributed by atoms with Crippen molar-refractivity contribution in [1.29, 1.82) is 0 Å². The molecule has 1 aliphatic heterocycles. The first-order valence-electron chi connectivity index (χ1n) is 9.18. The summed E-state index contributed by atoms with van der Waals surface area (Å²) < 4.78 is 31.9. The van der Waals surface area contributed by atoms with Crippen LogP contribution in [0.15, 0.2) is 18.2 Å². The Hall–Kier alpha value is -1.89. The van der Waals surface area contributed by atoms with E-state index in [0.29, 0.717) is 18.1 Å². The van der Waals surface area contributed by atoms with Crippen molar-refractivity contribution in [3.8, 4) is 5.75 Å². The Kier molecular flexibility index (Phi) is 4.10. The highest BCUT2D eigenvalue weighted by molar-refractivity contribution is 7.91. The summed E-state index contributed by atoms with van der Waals surface area (Å²) >= 11 is 0. The molecule has 0 radical (unpaired) electrons. The van der Waals surface area contributed by atoms with E-state index in [9.17, 15) is 8.42 Å². The summed E-state index contributed by atoms with van der Waals surface area (Å²) in [5, 5.41) is 4.49. The third-order valence-electron chi connectivity index (χ3n) is 5.27. The molecule has 2 heterocycles. The topological polar surface area (TPSA) is 74.1 Å². The molecule has 4 rings (SSSR count). The van der Waals surface area contributed by atoms with E-state index in [2.05, 4.69) is 22.2 Å². The van der Waals surface area contributed by atoms with Crippen molar-refractivity contribution in [1.82, 2.24) is 14.8 Å². The van der Waals surface area contributed by atoms with E-state index in [1.54, 1.807) is 4.68 Å². The van der Waals surface area contributed by atoms with Gasteiger partial charge < -0.3 is 4.74 Å². The fraction of sp³-hybridized carbons (Fsp3) is 0.579. The molecule has 1 saturated heterocycles. The standard InChI is InChI=1S/C19H25N3O3S/c1-13-20-18(22(21-13)16-9-10-26(23,24)12-16)19(2,3)25-17-8-7-14-5-4-6-15(14)11-17/h7-8,11,16H,4-6,9-10,12H2,1-3H3/t16-/m1/s1. The average molecular weight is 375 g/mol. The number of ether oxygens (including phenoxy) is 1. The molecule has 1 fully saturated rings. The first kappa shape index (κ1) is 17.5. The molecule has 26 heavy (non-hydrogen) atoms.